The third kappa shape index (κ3) is 3.03. The molecular formula is C24H21N5O. The number of hydrogen-bond donors (Lipinski definition) is 2. The Hall–Kier alpha value is -3.93. The second-order valence-electron chi connectivity index (χ2n) is 7.71. The van der Waals surface area contributed by atoms with Crippen molar-refractivity contribution in [3.05, 3.63) is 81.9 Å². The number of anilines is 1. The highest BCUT2D eigenvalue weighted by Crippen LogP contribution is 2.29. The van der Waals surface area contributed by atoms with Gasteiger partial charge < -0.3 is 15.0 Å². The minimum absolute atomic E-state index is 0.164. The molecule has 0 unspecified atom stereocenters. The predicted octanol–water partition coefficient (Wildman–Crippen LogP) is 3.73. The normalized spacial score (nSPS) is 13.3. The number of aryl methyl sites for hydroxylation is 1. The molecular weight excluding hydrogens is 374 g/mol. The van der Waals surface area contributed by atoms with E-state index in [-0.39, 0.29) is 5.88 Å². The summed E-state index contributed by atoms with van der Waals surface area (Å²) in [4.78, 5) is 9.47. The van der Waals surface area contributed by atoms with E-state index in [0.29, 0.717) is 0 Å². The van der Waals surface area contributed by atoms with E-state index in [1.54, 1.807) is 0 Å². The van der Waals surface area contributed by atoms with E-state index in [1.165, 1.54) is 0 Å². The molecule has 5 rings (SSSR count). The molecule has 1 aliphatic heterocycles. The van der Waals surface area contributed by atoms with Crippen molar-refractivity contribution in [2.45, 2.75) is 6.92 Å². The lowest BCUT2D eigenvalue weighted by molar-refractivity contribution is 0.457. The van der Waals surface area contributed by atoms with Crippen molar-refractivity contribution >= 4 is 34.2 Å². The van der Waals surface area contributed by atoms with Gasteiger partial charge in [-0.3, -0.25) is 0 Å². The Balaban J connectivity index is 1.60. The van der Waals surface area contributed by atoms with Crippen molar-refractivity contribution in [3.8, 4) is 5.88 Å². The van der Waals surface area contributed by atoms with Crippen LogP contribution in [0.5, 0.6) is 5.88 Å². The SMILES string of the molecule is Cc1ccc2[nH]c(O)c(/C=c3\ccc4c(c3)N=NC=4c3ccc(N(C)C)nc3)c2c1. The summed E-state index contributed by atoms with van der Waals surface area (Å²) in [5, 5.41) is 22.1. The minimum atomic E-state index is 0.164. The summed E-state index contributed by atoms with van der Waals surface area (Å²) in [5.41, 5.74) is 5.40. The number of H-pyrrole nitrogens is 1. The summed E-state index contributed by atoms with van der Waals surface area (Å²) in [7, 11) is 3.93. The largest absolute Gasteiger partial charge is 0.494 e. The van der Waals surface area contributed by atoms with Gasteiger partial charge in [-0.2, -0.15) is 0 Å². The van der Waals surface area contributed by atoms with Gasteiger partial charge in [0.25, 0.3) is 0 Å². The van der Waals surface area contributed by atoms with E-state index in [2.05, 4.69) is 26.3 Å². The van der Waals surface area contributed by atoms with E-state index in [4.69, 9.17) is 0 Å². The van der Waals surface area contributed by atoms with Crippen LogP contribution in [-0.2, 0) is 0 Å². The zero-order valence-corrected chi connectivity index (χ0v) is 17.0. The van der Waals surface area contributed by atoms with Crippen molar-refractivity contribution in [1.29, 1.82) is 0 Å². The van der Waals surface area contributed by atoms with E-state index in [1.807, 2.05) is 80.7 Å². The Morgan fingerprint density at radius 2 is 1.87 bits per heavy atom. The summed E-state index contributed by atoms with van der Waals surface area (Å²) in [5.74, 6) is 1.06. The zero-order chi connectivity index (χ0) is 20.8. The number of aromatic nitrogens is 2. The van der Waals surface area contributed by atoms with Gasteiger partial charge in [0.2, 0.25) is 0 Å². The average molecular weight is 395 g/mol. The minimum Gasteiger partial charge on any atom is -0.494 e. The van der Waals surface area contributed by atoms with Crippen molar-refractivity contribution in [1.82, 2.24) is 9.97 Å². The molecule has 0 aliphatic carbocycles. The molecule has 30 heavy (non-hydrogen) atoms. The van der Waals surface area contributed by atoms with Crippen LogP contribution >= 0.6 is 0 Å². The summed E-state index contributed by atoms with van der Waals surface area (Å²) in [6, 6.07) is 16.1. The van der Waals surface area contributed by atoms with E-state index in [0.717, 1.165) is 55.2 Å². The van der Waals surface area contributed by atoms with Crippen LogP contribution in [0.4, 0.5) is 11.5 Å². The number of aromatic amines is 1. The third-order valence-corrected chi connectivity index (χ3v) is 5.30. The van der Waals surface area contributed by atoms with Crippen LogP contribution in [0.2, 0.25) is 0 Å². The molecule has 3 heterocycles. The lowest BCUT2D eigenvalue weighted by atomic mass is 10.1. The summed E-state index contributed by atoms with van der Waals surface area (Å²) in [6.07, 6.45) is 3.79. The Kier molecular flexibility index (Phi) is 4.13. The smallest absolute Gasteiger partial charge is 0.196 e. The first-order valence-electron chi connectivity index (χ1n) is 9.72. The second kappa shape index (κ2) is 6.84. The average Bonchev–Trinajstić information content (AvgIpc) is 3.29. The molecule has 0 amide bonds. The van der Waals surface area contributed by atoms with Crippen molar-refractivity contribution in [2.75, 3.05) is 19.0 Å². The molecule has 0 bridgehead atoms. The number of fused-ring (bicyclic) bond motifs is 2. The molecule has 4 aromatic rings. The molecule has 2 N–H and O–H groups in total. The number of pyridine rings is 1. The van der Waals surface area contributed by atoms with Crippen LogP contribution in [0.25, 0.3) is 22.7 Å². The molecule has 2 aromatic carbocycles. The van der Waals surface area contributed by atoms with E-state index in [9.17, 15) is 5.11 Å². The van der Waals surface area contributed by atoms with Crippen LogP contribution in [0.1, 0.15) is 16.7 Å². The number of benzene rings is 2. The van der Waals surface area contributed by atoms with Gasteiger partial charge in [0, 0.05) is 47.5 Å². The fourth-order valence-electron chi connectivity index (χ4n) is 3.71. The highest BCUT2D eigenvalue weighted by Gasteiger charge is 2.13. The Morgan fingerprint density at radius 1 is 1.00 bits per heavy atom. The molecule has 0 radical (unpaired) electrons. The van der Waals surface area contributed by atoms with Crippen LogP contribution in [0, 0.1) is 6.92 Å². The Morgan fingerprint density at radius 3 is 2.63 bits per heavy atom. The molecule has 0 atom stereocenters. The maximum absolute atomic E-state index is 10.4. The third-order valence-electron chi connectivity index (χ3n) is 5.30. The standard InChI is InChI=1S/C24H21N5O/c1-14-4-8-20-18(10-14)19(24(30)26-20)11-15-5-7-17-21(12-15)27-28-23(17)16-6-9-22(25-13-16)29(2)3/h4-13,26,30H,1-3H3/b15-11+. The summed E-state index contributed by atoms with van der Waals surface area (Å²) in [6.45, 7) is 2.04. The summed E-state index contributed by atoms with van der Waals surface area (Å²) >= 11 is 0. The van der Waals surface area contributed by atoms with Gasteiger partial charge in [-0.1, -0.05) is 17.7 Å². The lowest BCUT2D eigenvalue weighted by Crippen LogP contribution is -2.11. The van der Waals surface area contributed by atoms with E-state index >= 15 is 0 Å². The first-order chi connectivity index (χ1) is 14.5. The van der Waals surface area contributed by atoms with E-state index < -0.39 is 0 Å². The van der Waals surface area contributed by atoms with Gasteiger partial charge in [0.1, 0.15) is 11.5 Å². The number of hydrogen-bond acceptors (Lipinski definition) is 5. The highest BCUT2D eigenvalue weighted by molar-refractivity contribution is 5.92. The molecule has 2 aromatic heterocycles. The van der Waals surface area contributed by atoms with Crippen molar-refractivity contribution in [2.24, 2.45) is 10.2 Å². The molecule has 0 spiro atoms. The lowest BCUT2D eigenvalue weighted by Gasteiger charge is -2.10. The summed E-state index contributed by atoms with van der Waals surface area (Å²) < 4.78 is 0. The van der Waals surface area contributed by atoms with Crippen molar-refractivity contribution < 1.29 is 5.11 Å². The Labute approximate surface area is 173 Å². The second-order valence-corrected chi connectivity index (χ2v) is 7.71. The van der Waals surface area contributed by atoms with Crippen LogP contribution < -0.4 is 15.3 Å². The van der Waals surface area contributed by atoms with Gasteiger partial charge in [0.05, 0.1) is 5.69 Å². The van der Waals surface area contributed by atoms with Gasteiger partial charge >= 0.3 is 0 Å². The molecule has 6 heteroatoms. The van der Waals surface area contributed by atoms with Gasteiger partial charge in [-0.05, 0) is 54.6 Å². The van der Waals surface area contributed by atoms with Crippen LogP contribution in [0.15, 0.2) is 65.0 Å². The zero-order valence-electron chi connectivity index (χ0n) is 17.0. The maximum atomic E-state index is 10.4. The first kappa shape index (κ1) is 18.1. The number of azo groups is 1. The number of nitrogens with zero attached hydrogens (tertiary/aromatic N) is 4. The molecule has 0 fully saturated rings. The van der Waals surface area contributed by atoms with Gasteiger partial charge in [0.15, 0.2) is 5.88 Å². The number of rotatable bonds is 3. The number of aromatic hydroxyl groups is 1. The van der Waals surface area contributed by atoms with Gasteiger partial charge in [-0.15, -0.1) is 10.2 Å². The first-order valence-corrected chi connectivity index (χ1v) is 9.72. The van der Waals surface area contributed by atoms with Crippen molar-refractivity contribution in [3.63, 3.8) is 0 Å². The topological polar surface area (TPSA) is 76.9 Å². The monoisotopic (exact) mass is 395 g/mol. The quantitative estimate of drug-likeness (QED) is 0.555. The highest BCUT2D eigenvalue weighted by atomic mass is 16.3. The molecule has 6 nitrogen and oxygen atoms in total. The fourth-order valence-corrected chi connectivity index (χ4v) is 3.71. The molecule has 0 saturated carbocycles. The molecule has 148 valence electrons. The van der Waals surface area contributed by atoms with Crippen LogP contribution in [-0.4, -0.2) is 29.2 Å². The fraction of sp³-hybridized carbons (Fsp3) is 0.125. The van der Waals surface area contributed by atoms with Crippen LogP contribution in [0.3, 0.4) is 0 Å². The molecule has 1 aliphatic rings. The van der Waals surface area contributed by atoms with Gasteiger partial charge in [-0.25, -0.2) is 4.98 Å². The predicted molar refractivity (Wildman–Crippen MR) is 120 cm³/mol. The Bertz CT molecular complexity index is 1430. The maximum Gasteiger partial charge on any atom is 0.196 e. The molecule has 0 saturated heterocycles. The number of nitrogens with one attached hydrogen (secondary N) is 1.